The molecule has 3 aromatic carbocycles. The second-order valence-corrected chi connectivity index (χ2v) is 13.6. The molecule has 0 amide bonds. The Labute approximate surface area is 194 Å². The molecule has 0 saturated heterocycles. The Bertz CT molecular complexity index is 868. The maximum atomic E-state index is 9.79. The minimum Gasteiger partial charge on any atom is -0.407 e. The van der Waals surface area contributed by atoms with Crippen LogP contribution in [0.5, 0.6) is 0 Å². The molecule has 0 fully saturated rings. The maximum Gasteiger partial charge on any atom is 0.261 e. The van der Waals surface area contributed by atoms with Gasteiger partial charge in [0, 0.05) is 6.61 Å². The van der Waals surface area contributed by atoms with E-state index in [9.17, 15) is 5.11 Å². The molecule has 0 aliphatic heterocycles. The van der Waals surface area contributed by atoms with E-state index in [1.54, 1.807) is 0 Å². The number of aliphatic hydroxyl groups is 1. The predicted octanol–water partition coefficient (Wildman–Crippen LogP) is 4.92. The van der Waals surface area contributed by atoms with Crippen molar-refractivity contribution in [1.29, 1.82) is 0 Å². The van der Waals surface area contributed by atoms with Gasteiger partial charge in [0.05, 0.1) is 19.3 Å². The topological polar surface area (TPSA) is 38.7 Å². The number of aliphatic hydroxyl groups excluding tert-OH is 1. The Morgan fingerprint density at radius 3 is 1.75 bits per heavy atom. The van der Waals surface area contributed by atoms with E-state index in [1.165, 1.54) is 10.4 Å². The standard InChI is InChI=1S/C28H36O3Si/c1-28(2,3)32(26-17-9-5-10-18-26,27-19-11-6-12-20-27)31-21-13-16-25(22-29)30-23-24-14-7-4-8-15-24/h4-12,14-15,17-20,25,29H,13,16,21-23H2,1-3H3/t25-/m0/s1. The second kappa shape index (κ2) is 11.6. The zero-order chi connectivity index (χ0) is 22.9. The van der Waals surface area contributed by atoms with Crippen LogP contribution in [0.3, 0.4) is 0 Å². The number of hydrogen-bond donors (Lipinski definition) is 1. The van der Waals surface area contributed by atoms with Crippen LogP contribution in [-0.2, 0) is 15.8 Å². The number of hydrogen-bond acceptors (Lipinski definition) is 3. The van der Waals surface area contributed by atoms with Crippen LogP contribution in [0.1, 0.15) is 39.2 Å². The number of ether oxygens (including phenoxy) is 1. The van der Waals surface area contributed by atoms with Crippen molar-refractivity contribution in [3.8, 4) is 0 Å². The lowest BCUT2D eigenvalue weighted by Crippen LogP contribution is -2.66. The molecule has 0 aromatic heterocycles. The van der Waals surface area contributed by atoms with Crippen molar-refractivity contribution in [2.75, 3.05) is 13.2 Å². The van der Waals surface area contributed by atoms with E-state index in [0.717, 1.165) is 18.4 Å². The smallest absolute Gasteiger partial charge is 0.261 e. The van der Waals surface area contributed by atoms with Crippen LogP contribution >= 0.6 is 0 Å². The molecule has 0 aliphatic rings. The van der Waals surface area contributed by atoms with E-state index in [1.807, 2.05) is 30.3 Å². The van der Waals surface area contributed by atoms with Crippen molar-refractivity contribution in [3.63, 3.8) is 0 Å². The van der Waals surface area contributed by atoms with Gasteiger partial charge < -0.3 is 14.3 Å². The molecule has 3 rings (SSSR count). The van der Waals surface area contributed by atoms with E-state index in [0.29, 0.717) is 13.2 Å². The first-order chi connectivity index (χ1) is 15.5. The summed E-state index contributed by atoms with van der Waals surface area (Å²) in [5.74, 6) is 0. The lowest BCUT2D eigenvalue weighted by atomic mass is 10.2. The van der Waals surface area contributed by atoms with Gasteiger partial charge in [0.1, 0.15) is 0 Å². The summed E-state index contributed by atoms with van der Waals surface area (Å²) in [5, 5.41) is 12.3. The average molecular weight is 449 g/mol. The fourth-order valence-electron chi connectivity index (χ4n) is 4.31. The first-order valence-electron chi connectivity index (χ1n) is 11.5. The van der Waals surface area contributed by atoms with Crippen LogP contribution in [-0.4, -0.2) is 32.7 Å². The molecule has 0 heterocycles. The normalized spacial score (nSPS) is 13.1. The molecule has 0 aliphatic carbocycles. The summed E-state index contributed by atoms with van der Waals surface area (Å²) in [4.78, 5) is 0. The van der Waals surface area contributed by atoms with Crippen LogP contribution in [0.25, 0.3) is 0 Å². The third-order valence-electron chi connectivity index (χ3n) is 5.94. The molecule has 1 atom stereocenters. The monoisotopic (exact) mass is 448 g/mol. The van der Waals surface area contributed by atoms with Gasteiger partial charge in [-0.25, -0.2) is 0 Å². The first kappa shape index (κ1) is 24.4. The molecule has 3 nitrogen and oxygen atoms in total. The van der Waals surface area contributed by atoms with Crippen LogP contribution < -0.4 is 10.4 Å². The van der Waals surface area contributed by atoms with Crippen molar-refractivity contribution in [1.82, 2.24) is 0 Å². The highest BCUT2D eigenvalue weighted by atomic mass is 28.4. The fourth-order valence-corrected chi connectivity index (χ4v) is 8.92. The van der Waals surface area contributed by atoms with Crippen LogP contribution in [0.2, 0.25) is 5.04 Å². The molecule has 0 saturated carbocycles. The largest absolute Gasteiger partial charge is 0.407 e. The molecule has 32 heavy (non-hydrogen) atoms. The second-order valence-electron chi connectivity index (χ2n) is 9.26. The molecule has 4 heteroatoms. The Kier molecular flexibility index (Phi) is 8.82. The molecule has 0 spiro atoms. The summed E-state index contributed by atoms with van der Waals surface area (Å²) >= 11 is 0. The van der Waals surface area contributed by atoms with Gasteiger partial charge in [0.25, 0.3) is 8.32 Å². The molecule has 170 valence electrons. The summed E-state index contributed by atoms with van der Waals surface area (Å²) in [6, 6.07) is 31.5. The third-order valence-corrected chi connectivity index (χ3v) is 11.0. The Morgan fingerprint density at radius 1 is 0.781 bits per heavy atom. The quantitative estimate of drug-likeness (QED) is 0.334. The lowest BCUT2D eigenvalue weighted by molar-refractivity contribution is -0.00498. The van der Waals surface area contributed by atoms with Gasteiger partial charge in [-0.15, -0.1) is 0 Å². The SMILES string of the molecule is CC(C)(C)[Si](OCCC[C@@H](CO)OCc1ccccc1)(c1ccccc1)c1ccccc1. The van der Waals surface area contributed by atoms with E-state index in [2.05, 4.69) is 81.4 Å². The van der Waals surface area contributed by atoms with Gasteiger partial charge in [0.2, 0.25) is 0 Å². The van der Waals surface area contributed by atoms with Gasteiger partial charge in [0.15, 0.2) is 0 Å². The highest BCUT2D eigenvalue weighted by Crippen LogP contribution is 2.36. The molecule has 1 N–H and O–H groups in total. The predicted molar refractivity (Wildman–Crippen MR) is 135 cm³/mol. The minimum absolute atomic E-state index is 0.0199. The van der Waals surface area contributed by atoms with E-state index in [-0.39, 0.29) is 17.7 Å². The first-order valence-corrected chi connectivity index (χ1v) is 13.4. The highest BCUT2D eigenvalue weighted by Gasteiger charge is 2.49. The van der Waals surface area contributed by atoms with Gasteiger partial charge in [-0.3, -0.25) is 0 Å². The summed E-state index contributed by atoms with van der Waals surface area (Å²) in [6.07, 6.45) is 1.42. The zero-order valence-corrected chi connectivity index (χ0v) is 20.5. The summed E-state index contributed by atoms with van der Waals surface area (Å²) in [7, 11) is -2.51. The summed E-state index contributed by atoms with van der Waals surface area (Å²) in [6.45, 7) is 8.04. The van der Waals surface area contributed by atoms with E-state index < -0.39 is 8.32 Å². The van der Waals surface area contributed by atoms with Crippen molar-refractivity contribution >= 4 is 18.7 Å². The Hall–Kier alpha value is -2.24. The Morgan fingerprint density at radius 2 is 1.28 bits per heavy atom. The van der Waals surface area contributed by atoms with Crippen LogP contribution in [0.4, 0.5) is 0 Å². The molecule has 0 bridgehead atoms. The molecular formula is C28H36O3Si. The van der Waals surface area contributed by atoms with Crippen molar-refractivity contribution in [3.05, 3.63) is 96.6 Å². The van der Waals surface area contributed by atoms with E-state index in [4.69, 9.17) is 9.16 Å². The van der Waals surface area contributed by atoms with E-state index >= 15 is 0 Å². The minimum atomic E-state index is -2.51. The molecule has 3 aromatic rings. The van der Waals surface area contributed by atoms with Crippen molar-refractivity contribution in [2.24, 2.45) is 0 Å². The molecule has 0 radical (unpaired) electrons. The third kappa shape index (κ3) is 5.96. The van der Waals surface area contributed by atoms with Crippen LogP contribution in [0, 0.1) is 0 Å². The van der Waals surface area contributed by atoms with Gasteiger partial charge in [-0.1, -0.05) is 112 Å². The van der Waals surface area contributed by atoms with Crippen LogP contribution in [0.15, 0.2) is 91.0 Å². The number of benzene rings is 3. The number of rotatable bonds is 11. The van der Waals surface area contributed by atoms with Gasteiger partial charge in [-0.05, 0) is 33.8 Å². The lowest BCUT2D eigenvalue weighted by Gasteiger charge is -2.43. The maximum absolute atomic E-state index is 9.79. The molecule has 0 unspecified atom stereocenters. The van der Waals surface area contributed by atoms with Gasteiger partial charge >= 0.3 is 0 Å². The Balaban J connectivity index is 1.70. The van der Waals surface area contributed by atoms with Gasteiger partial charge in [-0.2, -0.15) is 0 Å². The van der Waals surface area contributed by atoms with Crippen molar-refractivity contribution < 1.29 is 14.3 Å². The summed E-state index contributed by atoms with van der Waals surface area (Å²) < 4.78 is 12.9. The van der Waals surface area contributed by atoms with Crippen molar-refractivity contribution in [2.45, 2.75) is 51.4 Å². The highest BCUT2D eigenvalue weighted by molar-refractivity contribution is 6.99. The average Bonchev–Trinajstić information content (AvgIpc) is 2.82. The zero-order valence-electron chi connectivity index (χ0n) is 19.5. The molecular weight excluding hydrogens is 412 g/mol. The summed E-state index contributed by atoms with van der Waals surface area (Å²) in [5.41, 5.74) is 1.12. The fraction of sp³-hybridized carbons (Fsp3) is 0.357.